The molecule has 1 aliphatic carbocycles. The molecule has 0 amide bonds. The van der Waals surface area contributed by atoms with Gasteiger partial charge in [0, 0.05) is 35.3 Å². The van der Waals surface area contributed by atoms with Crippen molar-refractivity contribution in [3.63, 3.8) is 0 Å². The molecule has 1 saturated heterocycles. The number of rotatable bonds is 2. The fourth-order valence-corrected chi connectivity index (χ4v) is 5.71. The first kappa shape index (κ1) is 19.9. The van der Waals surface area contributed by atoms with Crippen LogP contribution in [0.4, 0.5) is 5.82 Å². The fraction of sp³-hybridized carbons (Fsp3) is 0.409. The molecule has 166 valence electrons. The second-order valence-corrected chi connectivity index (χ2v) is 9.40. The van der Waals surface area contributed by atoms with Gasteiger partial charge in [0.15, 0.2) is 0 Å². The maximum absolute atomic E-state index is 11.1. The van der Waals surface area contributed by atoms with Crippen LogP contribution in [-0.4, -0.2) is 52.9 Å². The Bertz CT molecular complexity index is 1350. The molecule has 4 aromatic heterocycles. The lowest BCUT2D eigenvalue weighted by Gasteiger charge is -2.26. The first-order valence-corrected chi connectivity index (χ1v) is 10.9. The third kappa shape index (κ3) is 2.72. The van der Waals surface area contributed by atoms with Gasteiger partial charge in [0.2, 0.25) is 0 Å². The predicted octanol–water partition coefficient (Wildman–Crippen LogP) is 2.44. The van der Waals surface area contributed by atoms with Gasteiger partial charge in [0.1, 0.15) is 29.5 Å². The average Bonchev–Trinajstić information content (AvgIpc) is 3.53. The molecular formula is C22H23ClN6O3. The number of halogens is 1. The summed E-state index contributed by atoms with van der Waals surface area (Å²) in [5.74, 6) is 0.389. The third-order valence-corrected chi connectivity index (χ3v) is 7.50. The van der Waals surface area contributed by atoms with E-state index >= 15 is 0 Å². The van der Waals surface area contributed by atoms with Gasteiger partial charge in [-0.2, -0.15) is 0 Å². The molecule has 5 unspecified atom stereocenters. The number of nitrogens with two attached hydrogens (primary N) is 1. The van der Waals surface area contributed by atoms with Crippen LogP contribution in [-0.2, 0) is 4.74 Å². The molecule has 5 heterocycles. The number of aliphatic hydroxyl groups excluding tert-OH is 2. The molecule has 2 fully saturated rings. The van der Waals surface area contributed by atoms with E-state index in [0.717, 1.165) is 22.3 Å². The van der Waals surface area contributed by atoms with Crippen molar-refractivity contribution in [1.29, 1.82) is 0 Å². The smallest absolute Gasteiger partial charge is 0.145 e. The molecule has 1 saturated carbocycles. The van der Waals surface area contributed by atoms with Gasteiger partial charge in [-0.15, -0.1) is 0 Å². The highest BCUT2D eigenvalue weighted by molar-refractivity contribution is 6.31. The molecule has 1 spiro atoms. The number of hydrogen-bond donors (Lipinski definition) is 3. The molecule has 1 aliphatic heterocycles. The van der Waals surface area contributed by atoms with Gasteiger partial charge < -0.3 is 29.7 Å². The van der Waals surface area contributed by atoms with E-state index < -0.39 is 17.6 Å². The second kappa shape index (κ2) is 6.89. The van der Waals surface area contributed by atoms with Crippen LogP contribution < -0.4 is 5.73 Å². The van der Waals surface area contributed by atoms with E-state index in [1.165, 1.54) is 6.33 Å². The molecule has 4 N–H and O–H groups in total. The van der Waals surface area contributed by atoms with Crippen LogP contribution in [0.3, 0.4) is 0 Å². The summed E-state index contributed by atoms with van der Waals surface area (Å²) in [6, 6.07) is 3.42. The van der Waals surface area contributed by atoms with Crippen molar-refractivity contribution < 1.29 is 14.9 Å². The third-order valence-electron chi connectivity index (χ3n) is 7.18. The van der Waals surface area contributed by atoms with Gasteiger partial charge in [0.25, 0.3) is 0 Å². The summed E-state index contributed by atoms with van der Waals surface area (Å²) in [7, 11) is 0. The highest BCUT2D eigenvalue weighted by atomic mass is 35.5. The molecule has 10 heteroatoms. The molecule has 6 rings (SSSR count). The van der Waals surface area contributed by atoms with Gasteiger partial charge in [-0.05, 0) is 31.9 Å². The van der Waals surface area contributed by atoms with Crippen molar-refractivity contribution in [2.24, 2.45) is 5.41 Å². The Labute approximate surface area is 188 Å². The van der Waals surface area contributed by atoms with Crippen molar-refractivity contribution in [1.82, 2.24) is 23.9 Å². The van der Waals surface area contributed by atoms with Crippen molar-refractivity contribution in [2.45, 2.75) is 44.1 Å². The minimum Gasteiger partial charge on any atom is -0.390 e. The van der Waals surface area contributed by atoms with E-state index in [2.05, 4.69) is 15.0 Å². The van der Waals surface area contributed by atoms with E-state index in [-0.39, 0.29) is 12.1 Å². The number of ether oxygens (including phenoxy) is 1. The minimum atomic E-state index is -0.961. The molecule has 9 nitrogen and oxygen atoms in total. The van der Waals surface area contributed by atoms with E-state index in [0.29, 0.717) is 35.9 Å². The molecular weight excluding hydrogens is 432 g/mol. The number of aryl methyl sites for hydroxylation is 1. The SMILES string of the molecule is Cc1cnc2cc(C3CC4(CO3)CC(n3ccc5c(N)ncnc53)C(O)C4O)c(Cl)cn12. The molecule has 32 heavy (non-hydrogen) atoms. The number of pyridine rings is 1. The lowest BCUT2D eigenvalue weighted by molar-refractivity contribution is -0.0309. The van der Waals surface area contributed by atoms with Crippen molar-refractivity contribution in [3.8, 4) is 0 Å². The predicted molar refractivity (Wildman–Crippen MR) is 118 cm³/mol. The number of imidazole rings is 1. The van der Waals surface area contributed by atoms with E-state index in [1.54, 1.807) is 6.20 Å². The molecule has 0 bridgehead atoms. The van der Waals surface area contributed by atoms with Crippen molar-refractivity contribution >= 4 is 34.1 Å². The first-order valence-electron chi connectivity index (χ1n) is 10.6. The number of aromatic nitrogens is 5. The number of aliphatic hydroxyl groups is 2. The number of hydrogen-bond acceptors (Lipinski definition) is 7. The maximum atomic E-state index is 11.1. The molecule has 0 aromatic carbocycles. The standard InChI is InChI=1S/C22H23ClN6O3/c1-11-7-25-17-4-13(14(23)8-29(11)17)16-6-22(9-32-16)5-15(18(30)19(22)31)28-3-2-12-20(24)26-10-27-21(12)28/h2-4,7-8,10,15-16,18-19,30-31H,5-6,9H2,1H3,(H2,24,26,27). The highest BCUT2D eigenvalue weighted by Crippen LogP contribution is 2.55. The lowest BCUT2D eigenvalue weighted by Crippen LogP contribution is -2.37. The zero-order valence-electron chi connectivity index (χ0n) is 17.4. The summed E-state index contributed by atoms with van der Waals surface area (Å²) in [6.45, 7) is 2.30. The number of fused-ring (bicyclic) bond motifs is 2. The normalized spacial score (nSPS) is 30.2. The van der Waals surface area contributed by atoms with Crippen molar-refractivity contribution in [2.75, 3.05) is 12.3 Å². The number of nitrogen functional groups attached to an aromatic ring is 1. The first-order chi connectivity index (χ1) is 15.4. The fourth-order valence-electron chi connectivity index (χ4n) is 5.44. The summed E-state index contributed by atoms with van der Waals surface area (Å²) in [5, 5.41) is 23.4. The van der Waals surface area contributed by atoms with E-state index in [9.17, 15) is 10.2 Å². The van der Waals surface area contributed by atoms with Gasteiger partial charge in [-0.25, -0.2) is 15.0 Å². The van der Waals surface area contributed by atoms with Crippen LogP contribution in [0, 0.1) is 12.3 Å². The van der Waals surface area contributed by atoms with Crippen LogP contribution in [0.1, 0.15) is 36.2 Å². The summed E-state index contributed by atoms with van der Waals surface area (Å²) >= 11 is 6.59. The molecule has 4 aromatic rings. The topological polar surface area (TPSA) is 124 Å². The van der Waals surface area contributed by atoms with Crippen LogP contribution in [0.5, 0.6) is 0 Å². The van der Waals surface area contributed by atoms with Crippen LogP contribution in [0.15, 0.2) is 37.1 Å². The number of nitrogens with zero attached hydrogens (tertiary/aromatic N) is 5. The molecule has 5 atom stereocenters. The Morgan fingerprint density at radius 1 is 1.25 bits per heavy atom. The van der Waals surface area contributed by atoms with Crippen LogP contribution >= 0.6 is 11.6 Å². The minimum absolute atomic E-state index is 0.288. The Hall–Kier alpha value is -2.72. The van der Waals surface area contributed by atoms with Gasteiger partial charge in [0.05, 0.1) is 35.3 Å². The quantitative estimate of drug-likeness (QED) is 0.425. The lowest BCUT2D eigenvalue weighted by atomic mass is 9.80. The zero-order chi connectivity index (χ0) is 22.2. The Morgan fingerprint density at radius 2 is 2.09 bits per heavy atom. The summed E-state index contributed by atoms with van der Waals surface area (Å²) in [5.41, 5.74) is 8.66. The Morgan fingerprint density at radius 3 is 2.94 bits per heavy atom. The largest absolute Gasteiger partial charge is 0.390 e. The summed E-state index contributed by atoms with van der Waals surface area (Å²) < 4.78 is 9.98. The molecule has 2 aliphatic rings. The summed E-state index contributed by atoms with van der Waals surface area (Å²) in [4.78, 5) is 12.8. The summed E-state index contributed by atoms with van der Waals surface area (Å²) in [6.07, 6.45) is 5.80. The second-order valence-electron chi connectivity index (χ2n) is 9.00. The average molecular weight is 455 g/mol. The van der Waals surface area contributed by atoms with Gasteiger partial charge >= 0.3 is 0 Å². The van der Waals surface area contributed by atoms with E-state index in [1.807, 2.05) is 40.4 Å². The maximum Gasteiger partial charge on any atom is 0.145 e. The van der Waals surface area contributed by atoms with E-state index in [4.69, 9.17) is 22.1 Å². The van der Waals surface area contributed by atoms with Crippen LogP contribution in [0.25, 0.3) is 16.7 Å². The van der Waals surface area contributed by atoms with Crippen LogP contribution in [0.2, 0.25) is 5.02 Å². The highest BCUT2D eigenvalue weighted by Gasteiger charge is 2.57. The monoisotopic (exact) mass is 454 g/mol. The zero-order valence-corrected chi connectivity index (χ0v) is 18.1. The molecule has 0 radical (unpaired) electrons. The van der Waals surface area contributed by atoms with Crippen molar-refractivity contribution in [3.05, 3.63) is 53.3 Å². The number of anilines is 1. The van der Waals surface area contributed by atoms with Gasteiger partial charge in [-0.1, -0.05) is 11.6 Å². The Balaban J connectivity index is 1.33. The Kier molecular flexibility index (Phi) is 4.29. The van der Waals surface area contributed by atoms with Gasteiger partial charge in [-0.3, -0.25) is 0 Å².